The fourth-order valence-corrected chi connectivity index (χ4v) is 2.96. The summed E-state index contributed by atoms with van der Waals surface area (Å²) < 4.78 is 41.5. The van der Waals surface area contributed by atoms with E-state index in [-0.39, 0.29) is 17.2 Å². The predicted octanol–water partition coefficient (Wildman–Crippen LogP) is 4.58. The fourth-order valence-electron chi connectivity index (χ4n) is 2.96. The average Bonchev–Trinajstić information content (AvgIpc) is 3.26. The molecule has 1 N–H and O–H groups in total. The first kappa shape index (κ1) is 20.8. The van der Waals surface area contributed by atoms with Crippen LogP contribution in [0, 0.1) is 12.3 Å². The number of amides is 1. The van der Waals surface area contributed by atoms with Crippen molar-refractivity contribution < 1.29 is 18.0 Å². The first-order valence-electron chi connectivity index (χ1n) is 9.27. The van der Waals surface area contributed by atoms with Crippen molar-refractivity contribution in [3.8, 4) is 29.3 Å². The summed E-state index contributed by atoms with van der Waals surface area (Å²) in [6.07, 6.45) is 4.85. The number of rotatable bonds is 4. The Bertz CT molecular complexity index is 1310. The Morgan fingerprint density at radius 2 is 1.91 bits per heavy atom. The van der Waals surface area contributed by atoms with Crippen molar-refractivity contribution in [2.75, 3.05) is 5.32 Å². The maximum Gasteiger partial charge on any atom is 0.433 e. The molecule has 1 amide bonds. The molecule has 3 heterocycles. The zero-order valence-corrected chi connectivity index (χ0v) is 16.3. The lowest BCUT2D eigenvalue weighted by atomic mass is 10.1. The normalized spacial score (nSPS) is 11.1. The number of nitrogens with zero attached hydrogens (tertiary/aromatic N) is 4. The number of hydrogen-bond donors (Lipinski definition) is 1. The smallest absolute Gasteiger partial charge is 0.307 e. The molecule has 0 aliphatic carbocycles. The molecule has 4 rings (SSSR count). The van der Waals surface area contributed by atoms with Crippen LogP contribution in [0.15, 0.2) is 73.2 Å². The first-order valence-corrected chi connectivity index (χ1v) is 9.27. The molecule has 0 aliphatic rings. The summed E-state index contributed by atoms with van der Waals surface area (Å²) in [5.41, 5.74) is 0.572. The molecule has 0 saturated carbocycles. The second-order valence-corrected chi connectivity index (χ2v) is 6.65. The van der Waals surface area contributed by atoms with Gasteiger partial charge in [0, 0.05) is 29.1 Å². The third-order valence-electron chi connectivity index (χ3n) is 4.48. The monoisotopic (exact) mass is 433 g/mol. The van der Waals surface area contributed by atoms with Crippen LogP contribution in [-0.4, -0.2) is 25.7 Å². The highest BCUT2D eigenvalue weighted by Gasteiger charge is 2.36. The molecule has 3 aromatic heterocycles. The molecule has 32 heavy (non-hydrogen) atoms. The Morgan fingerprint density at radius 3 is 2.56 bits per heavy atom. The summed E-state index contributed by atoms with van der Waals surface area (Å²) in [5.74, 6) is 2.16. The van der Waals surface area contributed by atoms with E-state index < -0.39 is 17.8 Å². The van der Waals surface area contributed by atoms with Crippen LogP contribution in [0.3, 0.4) is 0 Å². The van der Waals surface area contributed by atoms with Crippen LogP contribution in [0.5, 0.6) is 0 Å². The van der Waals surface area contributed by atoms with Crippen LogP contribution in [-0.2, 0) is 6.18 Å². The third-order valence-corrected chi connectivity index (χ3v) is 4.48. The lowest BCUT2D eigenvalue weighted by Crippen LogP contribution is -2.15. The Morgan fingerprint density at radius 1 is 1.06 bits per heavy atom. The molecule has 9 heteroatoms. The summed E-state index contributed by atoms with van der Waals surface area (Å²) in [6.45, 7) is 0. The zero-order valence-electron chi connectivity index (χ0n) is 16.3. The van der Waals surface area contributed by atoms with Gasteiger partial charge in [0.05, 0.1) is 17.6 Å². The molecular weight excluding hydrogens is 419 g/mol. The molecule has 6 nitrogen and oxygen atoms in total. The minimum atomic E-state index is -4.64. The van der Waals surface area contributed by atoms with Crippen LogP contribution in [0.1, 0.15) is 21.6 Å². The standard InChI is InChI=1S/C23H14F3N5O/c1-2-15-5-3-6-16(11-15)22(32)29-21-9-8-18(14-28-21)31-20(23(24,25)26)12-19(30-31)17-7-4-10-27-13-17/h1,3-14H,(H,28,29,32). The van der Waals surface area contributed by atoms with Gasteiger partial charge in [-0.1, -0.05) is 12.0 Å². The van der Waals surface area contributed by atoms with Gasteiger partial charge in [-0.3, -0.25) is 9.78 Å². The zero-order chi connectivity index (χ0) is 22.7. The number of aromatic nitrogens is 4. The number of anilines is 1. The number of hydrogen-bond acceptors (Lipinski definition) is 4. The summed E-state index contributed by atoms with van der Waals surface area (Å²) in [4.78, 5) is 20.4. The molecular formula is C23H14F3N5O. The van der Waals surface area contributed by atoms with Gasteiger partial charge in [0.2, 0.25) is 0 Å². The molecule has 0 spiro atoms. The van der Waals surface area contributed by atoms with Gasteiger partial charge in [-0.05, 0) is 48.5 Å². The average molecular weight is 433 g/mol. The second-order valence-electron chi connectivity index (χ2n) is 6.65. The van der Waals surface area contributed by atoms with Crippen molar-refractivity contribution in [1.82, 2.24) is 19.7 Å². The van der Waals surface area contributed by atoms with Crippen molar-refractivity contribution in [1.29, 1.82) is 0 Å². The molecule has 0 aliphatic heterocycles. The van der Waals surface area contributed by atoms with Gasteiger partial charge in [-0.2, -0.15) is 18.3 Å². The van der Waals surface area contributed by atoms with E-state index in [9.17, 15) is 18.0 Å². The summed E-state index contributed by atoms with van der Waals surface area (Å²) in [5, 5.41) is 6.67. The van der Waals surface area contributed by atoms with Gasteiger partial charge in [-0.15, -0.1) is 6.42 Å². The van der Waals surface area contributed by atoms with E-state index in [1.807, 2.05) is 0 Å². The van der Waals surface area contributed by atoms with Crippen molar-refractivity contribution in [3.63, 3.8) is 0 Å². The third kappa shape index (κ3) is 4.34. The first-order chi connectivity index (χ1) is 15.3. The number of nitrogens with one attached hydrogen (secondary N) is 1. The van der Waals surface area contributed by atoms with Gasteiger partial charge in [-0.25, -0.2) is 9.67 Å². The summed E-state index contributed by atoms with van der Waals surface area (Å²) in [6, 6.07) is 13.4. The Balaban J connectivity index is 1.62. The predicted molar refractivity (Wildman–Crippen MR) is 112 cm³/mol. The van der Waals surface area contributed by atoms with Gasteiger partial charge >= 0.3 is 6.18 Å². The second kappa shape index (κ2) is 8.35. The Kier molecular flexibility index (Phi) is 5.43. The van der Waals surface area contributed by atoms with Crippen LogP contribution in [0.4, 0.5) is 19.0 Å². The quantitative estimate of drug-likeness (QED) is 0.478. The van der Waals surface area contributed by atoms with E-state index in [1.165, 1.54) is 30.7 Å². The molecule has 4 aromatic rings. The minimum absolute atomic E-state index is 0.0831. The number of carbonyl (C=O) groups is 1. The van der Waals surface area contributed by atoms with Gasteiger partial charge in [0.25, 0.3) is 5.91 Å². The van der Waals surface area contributed by atoms with E-state index >= 15 is 0 Å². The highest BCUT2D eigenvalue weighted by Crippen LogP contribution is 2.33. The molecule has 0 unspecified atom stereocenters. The Hall–Kier alpha value is -4.45. The van der Waals surface area contributed by atoms with Gasteiger partial charge in [0.1, 0.15) is 11.5 Å². The van der Waals surface area contributed by atoms with E-state index in [0.717, 1.165) is 10.7 Å². The number of benzene rings is 1. The van der Waals surface area contributed by atoms with E-state index in [2.05, 4.69) is 26.3 Å². The molecule has 0 fully saturated rings. The number of alkyl halides is 3. The highest BCUT2D eigenvalue weighted by atomic mass is 19.4. The van der Waals surface area contributed by atoms with E-state index in [4.69, 9.17) is 6.42 Å². The molecule has 0 radical (unpaired) electrons. The van der Waals surface area contributed by atoms with Crippen molar-refractivity contribution in [2.24, 2.45) is 0 Å². The summed E-state index contributed by atoms with van der Waals surface area (Å²) in [7, 11) is 0. The van der Waals surface area contributed by atoms with Crippen LogP contribution < -0.4 is 5.32 Å². The molecule has 158 valence electrons. The number of terminal acetylenes is 1. The lowest BCUT2D eigenvalue weighted by molar-refractivity contribution is -0.142. The van der Waals surface area contributed by atoms with Crippen LogP contribution >= 0.6 is 0 Å². The largest absolute Gasteiger partial charge is 0.433 e. The highest BCUT2D eigenvalue weighted by molar-refractivity contribution is 6.04. The van der Waals surface area contributed by atoms with Crippen molar-refractivity contribution in [3.05, 3.63) is 90.0 Å². The Labute approximate surface area is 180 Å². The fraction of sp³-hybridized carbons (Fsp3) is 0.0435. The SMILES string of the molecule is C#Cc1cccc(C(=O)Nc2ccc(-n3nc(-c4cccnc4)cc3C(F)(F)F)cn2)c1. The molecule has 0 saturated heterocycles. The van der Waals surface area contributed by atoms with Crippen LogP contribution in [0.25, 0.3) is 16.9 Å². The maximum absolute atomic E-state index is 13.6. The van der Waals surface area contributed by atoms with Crippen molar-refractivity contribution in [2.45, 2.75) is 6.18 Å². The van der Waals surface area contributed by atoms with Gasteiger partial charge < -0.3 is 5.32 Å². The van der Waals surface area contributed by atoms with Crippen molar-refractivity contribution >= 4 is 11.7 Å². The van der Waals surface area contributed by atoms with Gasteiger partial charge in [0.15, 0.2) is 0 Å². The topological polar surface area (TPSA) is 72.7 Å². The van der Waals surface area contributed by atoms with E-state index in [0.29, 0.717) is 16.7 Å². The number of pyridine rings is 2. The molecule has 0 bridgehead atoms. The molecule has 0 atom stereocenters. The van der Waals surface area contributed by atoms with E-state index in [1.54, 1.807) is 36.4 Å². The van der Waals surface area contributed by atoms with Crippen LogP contribution in [0.2, 0.25) is 0 Å². The maximum atomic E-state index is 13.6. The minimum Gasteiger partial charge on any atom is -0.307 e. The molecule has 1 aromatic carbocycles. The summed E-state index contributed by atoms with van der Waals surface area (Å²) >= 11 is 0. The number of carbonyl (C=O) groups excluding carboxylic acids is 1. The number of halogens is 3. The lowest BCUT2D eigenvalue weighted by Gasteiger charge is -2.10.